The fraction of sp³-hybridized carbons (Fsp3) is 0.438. The lowest BCUT2D eigenvalue weighted by molar-refractivity contribution is 0.0410. The monoisotopic (exact) mass is 303 g/mol. The van der Waals surface area contributed by atoms with Gasteiger partial charge in [-0.05, 0) is 24.6 Å². The summed E-state index contributed by atoms with van der Waals surface area (Å²) in [4.78, 5) is 3.79. The Bertz CT molecular complexity index is 578. The smallest absolute Gasteiger partial charge is 0.0594 e. The summed E-state index contributed by atoms with van der Waals surface area (Å²) in [6, 6.07) is 8.70. The van der Waals surface area contributed by atoms with Crippen molar-refractivity contribution in [1.82, 2.24) is 15.1 Å². The summed E-state index contributed by atoms with van der Waals surface area (Å²) in [6.45, 7) is 7.06. The van der Waals surface area contributed by atoms with Crippen LogP contribution in [0.1, 0.15) is 5.69 Å². The minimum absolute atomic E-state index is 0.875. The third-order valence-corrected chi connectivity index (χ3v) is 4.73. The van der Waals surface area contributed by atoms with Gasteiger partial charge in [-0.15, -0.1) is 11.8 Å². The van der Waals surface area contributed by atoms with Crippen LogP contribution in [0.15, 0.2) is 35.4 Å². The Morgan fingerprint density at radius 1 is 1.33 bits per heavy atom. The molecule has 0 bridgehead atoms. The Morgan fingerprint density at radius 2 is 2.19 bits per heavy atom. The molecule has 4 nitrogen and oxygen atoms in total. The van der Waals surface area contributed by atoms with Crippen molar-refractivity contribution in [2.75, 3.05) is 38.6 Å². The number of hydrogen-bond acceptors (Lipinski definition) is 4. The van der Waals surface area contributed by atoms with Gasteiger partial charge >= 0.3 is 0 Å². The third-order valence-electron chi connectivity index (χ3n) is 3.75. The molecule has 5 heteroatoms. The van der Waals surface area contributed by atoms with Crippen molar-refractivity contribution in [3.8, 4) is 11.1 Å². The van der Waals surface area contributed by atoms with E-state index in [4.69, 9.17) is 4.74 Å². The van der Waals surface area contributed by atoms with E-state index in [2.05, 4.69) is 46.3 Å². The maximum absolute atomic E-state index is 5.38. The zero-order valence-corrected chi connectivity index (χ0v) is 13.2. The minimum atomic E-state index is 0.875. The summed E-state index contributed by atoms with van der Waals surface area (Å²) >= 11 is 1.92. The van der Waals surface area contributed by atoms with E-state index in [0.29, 0.717) is 0 Å². The number of nitrogens with one attached hydrogen (secondary N) is 1. The molecule has 0 atom stereocenters. The van der Waals surface area contributed by atoms with Crippen molar-refractivity contribution >= 4 is 11.8 Å². The van der Waals surface area contributed by atoms with Gasteiger partial charge in [-0.25, -0.2) is 0 Å². The molecule has 1 N–H and O–H groups in total. The number of benzene rings is 1. The van der Waals surface area contributed by atoms with Gasteiger partial charge in [-0.1, -0.05) is 12.1 Å². The number of ether oxygens (including phenoxy) is 1. The zero-order valence-electron chi connectivity index (χ0n) is 12.3. The first-order valence-electron chi connectivity index (χ1n) is 7.36. The first-order chi connectivity index (χ1) is 10.3. The molecule has 0 unspecified atom stereocenters. The lowest BCUT2D eigenvalue weighted by atomic mass is 10.1. The molecule has 1 saturated heterocycles. The van der Waals surface area contributed by atoms with Crippen LogP contribution in [0, 0.1) is 6.92 Å². The maximum atomic E-state index is 5.38. The molecular formula is C16H21N3OS. The Kier molecular flexibility index (Phi) is 4.95. The molecule has 1 aliphatic heterocycles. The van der Waals surface area contributed by atoms with Gasteiger partial charge in [-0.2, -0.15) is 5.10 Å². The van der Waals surface area contributed by atoms with Crippen molar-refractivity contribution < 1.29 is 4.74 Å². The third kappa shape index (κ3) is 3.87. The lowest BCUT2D eigenvalue weighted by Gasteiger charge is -2.26. The number of H-pyrrole nitrogens is 1. The molecule has 1 fully saturated rings. The van der Waals surface area contributed by atoms with Crippen molar-refractivity contribution in [3.63, 3.8) is 0 Å². The van der Waals surface area contributed by atoms with Gasteiger partial charge in [0.25, 0.3) is 0 Å². The van der Waals surface area contributed by atoms with Crippen LogP contribution in [-0.4, -0.2) is 53.7 Å². The molecule has 0 amide bonds. The Morgan fingerprint density at radius 3 is 2.95 bits per heavy atom. The van der Waals surface area contributed by atoms with E-state index in [9.17, 15) is 0 Å². The number of rotatable bonds is 5. The molecule has 2 heterocycles. The van der Waals surface area contributed by atoms with Crippen LogP contribution in [0.2, 0.25) is 0 Å². The van der Waals surface area contributed by atoms with E-state index in [1.807, 2.05) is 18.0 Å². The standard InChI is InChI=1S/C16H21N3OS/c1-13-16(12-17-18-13)14-3-2-4-15(11-14)21-10-7-19-5-8-20-9-6-19/h2-4,11-12H,5-10H2,1H3,(H,17,18). The van der Waals surface area contributed by atoms with E-state index >= 15 is 0 Å². The number of hydrogen-bond donors (Lipinski definition) is 1. The zero-order chi connectivity index (χ0) is 14.5. The quantitative estimate of drug-likeness (QED) is 0.862. The van der Waals surface area contributed by atoms with Crippen molar-refractivity contribution in [3.05, 3.63) is 36.2 Å². The average Bonchev–Trinajstić information content (AvgIpc) is 2.95. The highest BCUT2D eigenvalue weighted by Crippen LogP contribution is 2.26. The van der Waals surface area contributed by atoms with E-state index in [-0.39, 0.29) is 0 Å². The van der Waals surface area contributed by atoms with Gasteiger partial charge in [0.05, 0.1) is 19.4 Å². The first-order valence-corrected chi connectivity index (χ1v) is 8.35. The molecule has 112 valence electrons. The van der Waals surface area contributed by atoms with Crippen LogP contribution in [0.5, 0.6) is 0 Å². The molecule has 21 heavy (non-hydrogen) atoms. The molecular weight excluding hydrogens is 282 g/mol. The summed E-state index contributed by atoms with van der Waals surface area (Å²) in [5.41, 5.74) is 3.54. The number of thioether (sulfide) groups is 1. The molecule has 0 radical (unpaired) electrons. The van der Waals surface area contributed by atoms with Crippen molar-refractivity contribution in [2.24, 2.45) is 0 Å². The highest BCUT2D eigenvalue weighted by atomic mass is 32.2. The predicted octanol–water partition coefficient (Wildman–Crippen LogP) is 2.81. The predicted molar refractivity (Wildman–Crippen MR) is 86.7 cm³/mol. The van der Waals surface area contributed by atoms with E-state index in [0.717, 1.165) is 44.3 Å². The van der Waals surface area contributed by atoms with E-state index < -0.39 is 0 Å². The molecule has 0 aliphatic carbocycles. The Labute approximate surface area is 129 Å². The second-order valence-corrected chi connectivity index (χ2v) is 6.41. The molecule has 1 aromatic heterocycles. The van der Waals surface area contributed by atoms with E-state index in [1.165, 1.54) is 16.0 Å². The van der Waals surface area contributed by atoms with Gasteiger partial charge in [0, 0.05) is 41.5 Å². The highest BCUT2D eigenvalue weighted by Gasteiger charge is 2.10. The Hall–Kier alpha value is -1.30. The summed E-state index contributed by atoms with van der Waals surface area (Å²) in [5, 5.41) is 7.10. The lowest BCUT2D eigenvalue weighted by Crippen LogP contribution is -2.37. The summed E-state index contributed by atoms with van der Waals surface area (Å²) in [6.07, 6.45) is 1.90. The van der Waals surface area contributed by atoms with Gasteiger partial charge in [-0.3, -0.25) is 10.00 Å². The van der Waals surface area contributed by atoms with Gasteiger partial charge < -0.3 is 4.74 Å². The normalized spacial score (nSPS) is 16.2. The Balaban J connectivity index is 1.57. The van der Waals surface area contributed by atoms with Gasteiger partial charge in [0.1, 0.15) is 0 Å². The topological polar surface area (TPSA) is 41.2 Å². The number of nitrogens with zero attached hydrogens (tertiary/aromatic N) is 2. The second kappa shape index (κ2) is 7.11. The number of aromatic amines is 1. The largest absolute Gasteiger partial charge is 0.379 e. The first kappa shape index (κ1) is 14.6. The van der Waals surface area contributed by atoms with Crippen LogP contribution in [0.3, 0.4) is 0 Å². The number of aryl methyl sites for hydroxylation is 1. The number of morpholine rings is 1. The van der Waals surface area contributed by atoms with E-state index in [1.54, 1.807) is 0 Å². The maximum Gasteiger partial charge on any atom is 0.0594 e. The second-order valence-electron chi connectivity index (χ2n) is 5.24. The van der Waals surface area contributed by atoms with Crippen LogP contribution in [-0.2, 0) is 4.74 Å². The summed E-state index contributed by atoms with van der Waals surface area (Å²) in [7, 11) is 0. The van der Waals surface area contributed by atoms with Gasteiger partial charge in [0.2, 0.25) is 0 Å². The van der Waals surface area contributed by atoms with Crippen LogP contribution >= 0.6 is 11.8 Å². The van der Waals surface area contributed by atoms with Crippen molar-refractivity contribution in [1.29, 1.82) is 0 Å². The van der Waals surface area contributed by atoms with Crippen LogP contribution < -0.4 is 0 Å². The molecule has 1 aromatic carbocycles. The fourth-order valence-electron chi connectivity index (χ4n) is 2.51. The highest BCUT2D eigenvalue weighted by molar-refractivity contribution is 7.99. The van der Waals surface area contributed by atoms with Gasteiger partial charge in [0.15, 0.2) is 0 Å². The molecule has 0 saturated carbocycles. The number of aromatic nitrogens is 2. The average molecular weight is 303 g/mol. The SMILES string of the molecule is Cc1[nH]ncc1-c1cccc(SCCN2CCOCC2)c1. The van der Waals surface area contributed by atoms with Crippen LogP contribution in [0.25, 0.3) is 11.1 Å². The fourth-order valence-corrected chi connectivity index (χ4v) is 3.48. The molecule has 3 rings (SSSR count). The molecule has 1 aliphatic rings. The summed E-state index contributed by atoms with van der Waals surface area (Å²) in [5.74, 6) is 1.12. The molecule has 2 aromatic rings. The minimum Gasteiger partial charge on any atom is -0.379 e. The van der Waals surface area contributed by atoms with Crippen LogP contribution in [0.4, 0.5) is 0 Å². The molecule has 0 spiro atoms. The van der Waals surface area contributed by atoms with Crippen molar-refractivity contribution in [2.45, 2.75) is 11.8 Å². The summed E-state index contributed by atoms with van der Waals surface area (Å²) < 4.78 is 5.38.